The normalized spacial score (nSPS) is 20.7. The lowest BCUT2D eigenvalue weighted by Crippen LogP contribution is -2.51. The molecule has 2 unspecified atom stereocenters. The SMILES string of the molecule is Cc1nn(C)c2cc(-c3noc(C4CCN(C(=O)C5CC(=O)N(c6cccc(C#N)c6)C5)CC4(F)F)n3)ccc12. The first-order valence-electron chi connectivity index (χ1n) is 12.9. The molecule has 0 saturated carbocycles. The summed E-state index contributed by atoms with van der Waals surface area (Å²) < 4.78 is 37.8. The Kier molecular flexibility index (Phi) is 6.09. The van der Waals surface area contributed by atoms with Gasteiger partial charge in [0.2, 0.25) is 23.5 Å². The summed E-state index contributed by atoms with van der Waals surface area (Å²) in [5, 5.41) is 18.5. The molecular formula is C28H25F2N7O3. The summed E-state index contributed by atoms with van der Waals surface area (Å²) in [5.41, 5.74) is 3.26. The zero-order valence-electron chi connectivity index (χ0n) is 21.8. The minimum atomic E-state index is -3.30. The third kappa shape index (κ3) is 4.37. The van der Waals surface area contributed by atoms with E-state index in [9.17, 15) is 9.59 Å². The molecule has 2 fully saturated rings. The van der Waals surface area contributed by atoms with Crippen LogP contribution < -0.4 is 4.90 Å². The van der Waals surface area contributed by atoms with E-state index in [0.717, 1.165) is 21.5 Å². The van der Waals surface area contributed by atoms with Crippen molar-refractivity contribution in [1.29, 1.82) is 5.26 Å². The van der Waals surface area contributed by atoms with Crippen molar-refractivity contribution in [3.63, 3.8) is 0 Å². The molecule has 2 aliphatic rings. The third-order valence-corrected chi connectivity index (χ3v) is 7.71. The lowest BCUT2D eigenvalue weighted by molar-refractivity contribution is -0.149. The minimum absolute atomic E-state index is 0.0606. The van der Waals surface area contributed by atoms with Crippen molar-refractivity contribution in [2.45, 2.75) is 31.6 Å². The topological polar surface area (TPSA) is 121 Å². The Morgan fingerprint density at radius 2 is 2.05 bits per heavy atom. The van der Waals surface area contributed by atoms with Gasteiger partial charge in [0.05, 0.1) is 35.3 Å². The Labute approximate surface area is 227 Å². The molecule has 2 aliphatic heterocycles. The van der Waals surface area contributed by atoms with E-state index in [4.69, 9.17) is 9.78 Å². The number of carbonyl (C=O) groups excluding carboxylic acids is 2. The summed E-state index contributed by atoms with van der Waals surface area (Å²) >= 11 is 0. The molecule has 204 valence electrons. The van der Waals surface area contributed by atoms with Crippen molar-refractivity contribution in [2.75, 3.05) is 24.5 Å². The highest BCUT2D eigenvalue weighted by molar-refractivity contribution is 6.00. The second kappa shape index (κ2) is 9.51. The highest BCUT2D eigenvalue weighted by atomic mass is 19.3. The Bertz CT molecular complexity index is 1690. The van der Waals surface area contributed by atoms with Crippen molar-refractivity contribution in [1.82, 2.24) is 24.8 Å². The second-order valence-electron chi connectivity index (χ2n) is 10.3. The molecular weight excluding hydrogens is 520 g/mol. The number of benzene rings is 2. The molecule has 40 heavy (non-hydrogen) atoms. The average molecular weight is 546 g/mol. The lowest BCUT2D eigenvalue weighted by atomic mass is 9.91. The Balaban J connectivity index is 1.15. The number of fused-ring (bicyclic) bond motifs is 1. The number of halogens is 2. The van der Waals surface area contributed by atoms with Crippen molar-refractivity contribution in [2.24, 2.45) is 13.0 Å². The van der Waals surface area contributed by atoms with Gasteiger partial charge >= 0.3 is 0 Å². The molecule has 4 heterocycles. The van der Waals surface area contributed by atoms with E-state index in [-0.39, 0.29) is 43.6 Å². The number of rotatable bonds is 4. The first-order chi connectivity index (χ1) is 19.1. The average Bonchev–Trinajstić information content (AvgIpc) is 3.65. The van der Waals surface area contributed by atoms with Crippen LogP contribution in [0.15, 0.2) is 47.0 Å². The van der Waals surface area contributed by atoms with E-state index in [1.807, 2.05) is 32.2 Å². The lowest BCUT2D eigenvalue weighted by Gasteiger charge is -2.37. The fourth-order valence-corrected chi connectivity index (χ4v) is 5.63. The third-order valence-electron chi connectivity index (χ3n) is 7.71. The molecule has 0 N–H and O–H groups in total. The molecule has 0 bridgehead atoms. The first kappa shape index (κ1) is 25.6. The molecule has 0 spiro atoms. The number of nitrogens with zero attached hydrogens (tertiary/aromatic N) is 7. The Morgan fingerprint density at radius 1 is 1.23 bits per heavy atom. The first-order valence-corrected chi connectivity index (χ1v) is 12.9. The summed E-state index contributed by atoms with van der Waals surface area (Å²) in [6.45, 7) is 1.25. The zero-order chi connectivity index (χ0) is 28.2. The van der Waals surface area contributed by atoms with E-state index in [1.54, 1.807) is 35.0 Å². The fraction of sp³-hybridized carbons (Fsp3) is 0.357. The van der Waals surface area contributed by atoms with Gasteiger partial charge in [0, 0.05) is 43.2 Å². The number of aromatic nitrogens is 4. The van der Waals surface area contributed by atoms with Gasteiger partial charge in [-0.2, -0.15) is 15.3 Å². The van der Waals surface area contributed by atoms with E-state index < -0.39 is 30.2 Å². The van der Waals surface area contributed by atoms with Crippen molar-refractivity contribution in [3.8, 4) is 17.5 Å². The highest BCUT2D eigenvalue weighted by Gasteiger charge is 2.50. The van der Waals surface area contributed by atoms with Gasteiger partial charge in [0.25, 0.3) is 5.92 Å². The minimum Gasteiger partial charge on any atom is -0.338 e. The molecule has 6 rings (SSSR count). The van der Waals surface area contributed by atoms with E-state index >= 15 is 8.78 Å². The van der Waals surface area contributed by atoms with Gasteiger partial charge in [0.1, 0.15) is 5.92 Å². The van der Waals surface area contributed by atoms with Crippen LogP contribution in [0.2, 0.25) is 0 Å². The largest absolute Gasteiger partial charge is 0.338 e. The second-order valence-corrected chi connectivity index (χ2v) is 10.3. The van der Waals surface area contributed by atoms with Crippen molar-refractivity contribution in [3.05, 3.63) is 59.6 Å². The van der Waals surface area contributed by atoms with E-state index in [1.165, 1.54) is 4.90 Å². The van der Waals surface area contributed by atoms with Gasteiger partial charge in [-0.15, -0.1) is 0 Å². The van der Waals surface area contributed by atoms with Crippen LogP contribution in [0, 0.1) is 24.2 Å². The van der Waals surface area contributed by atoms with Gasteiger partial charge in [0.15, 0.2) is 0 Å². The fourth-order valence-electron chi connectivity index (χ4n) is 5.63. The number of amides is 2. The van der Waals surface area contributed by atoms with Gasteiger partial charge in [-0.3, -0.25) is 14.3 Å². The van der Waals surface area contributed by atoms with E-state index in [0.29, 0.717) is 16.8 Å². The van der Waals surface area contributed by atoms with Crippen LogP contribution in [0.25, 0.3) is 22.3 Å². The van der Waals surface area contributed by atoms with Crippen LogP contribution in [-0.4, -0.2) is 62.2 Å². The molecule has 2 atom stereocenters. The maximum Gasteiger partial charge on any atom is 0.276 e. The number of alkyl halides is 2. The summed E-state index contributed by atoms with van der Waals surface area (Å²) in [6.07, 6.45) is -0.135. The molecule has 10 nitrogen and oxygen atoms in total. The number of aryl methyl sites for hydroxylation is 2. The number of anilines is 1. The standard InChI is InChI=1S/C28H25F2N7O3/c1-16-21-7-6-18(11-23(21)35(2)33-16)25-32-26(40-34-25)22-8-9-36(15-28(22,29)30)27(39)19-12-24(38)37(14-19)20-5-3-4-17(10-20)13-31/h3-7,10-11,19,22H,8-9,12,14-15H2,1-2H3. The summed E-state index contributed by atoms with van der Waals surface area (Å²) in [6, 6.07) is 14.1. The van der Waals surface area contributed by atoms with Crippen LogP contribution in [0.1, 0.15) is 35.9 Å². The van der Waals surface area contributed by atoms with Gasteiger partial charge in [-0.25, -0.2) is 8.78 Å². The van der Waals surface area contributed by atoms with Gasteiger partial charge < -0.3 is 14.3 Å². The maximum absolute atomic E-state index is 15.4. The van der Waals surface area contributed by atoms with Crippen LogP contribution >= 0.6 is 0 Å². The summed E-state index contributed by atoms with van der Waals surface area (Å²) in [7, 11) is 1.82. The molecule has 0 aliphatic carbocycles. The number of carbonyl (C=O) groups is 2. The number of piperidine rings is 1. The summed E-state index contributed by atoms with van der Waals surface area (Å²) in [4.78, 5) is 32.7. The molecule has 2 aromatic carbocycles. The molecule has 12 heteroatoms. The number of hydrogen-bond donors (Lipinski definition) is 0. The van der Waals surface area contributed by atoms with Crippen molar-refractivity contribution >= 4 is 28.4 Å². The maximum atomic E-state index is 15.4. The summed E-state index contributed by atoms with van der Waals surface area (Å²) in [5.74, 6) is -6.13. The quantitative estimate of drug-likeness (QED) is 0.382. The van der Waals surface area contributed by atoms with Crippen LogP contribution in [0.5, 0.6) is 0 Å². The molecule has 0 radical (unpaired) electrons. The molecule has 2 aromatic heterocycles. The van der Waals surface area contributed by atoms with Crippen LogP contribution in [-0.2, 0) is 16.6 Å². The predicted octanol–water partition coefficient (Wildman–Crippen LogP) is 3.81. The predicted molar refractivity (Wildman–Crippen MR) is 139 cm³/mol. The van der Waals surface area contributed by atoms with Crippen LogP contribution in [0.4, 0.5) is 14.5 Å². The molecule has 2 saturated heterocycles. The molecule has 2 amide bonds. The Morgan fingerprint density at radius 3 is 2.83 bits per heavy atom. The van der Waals surface area contributed by atoms with Gasteiger partial charge in [-0.1, -0.05) is 23.4 Å². The van der Waals surface area contributed by atoms with Crippen LogP contribution in [0.3, 0.4) is 0 Å². The number of likely N-dealkylation sites (tertiary alicyclic amines) is 1. The van der Waals surface area contributed by atoms with E-state index in [2.05, 4.69) is 15.2 Å². The smallest absolute Gasteiger partial charge is 0.276 e. The monoisotopic (exact) mass is 545 g/mol. The van der Waals surface area contributed by atoms with Crippen molar-refractivity contribution < 1.29 is 22.9 Å². The Hall–Kier alpha value is -4.66. The number of hydrogen-bond acceptors (Lipinski definition) is 7. The highest BCUT2D eigenvalue weighted by Crippen LogP contribution is 2.41. The van der Waals surface area contributed by atoms with Gasteiger partial charge in [-0.05, 0) is 37.6 Å². The number of nitriles is 1. The molecule has 4 aromatic rings. The zero-order valence-corrected chi connectivity index (χ0v) is 21.8.